The normalized spacial score (nSPS) is 11.7. The van der Waals surface area contributed by atoms with E-state index in [1.54, 1.807) is 37.4 Å². The van der Waals surface area contributed by atoms with Crippen molar-refractivity contribution in [3.8, 4) is 0 Å². The smallest absolute Gasteiger partial charge is 0.263 e. The fourth-order valence-electron chi connectivity index (χ4n) is 2.06. The molecule has 0 fully saturated rings. The van der Waals surface area contributed by atoms with Gasteiger partial charge < -0.3 is 0 Å². The molecule has 3 aromatic rings. The van der Waals surface area contributed by atoms with Gasteiger partial charge >= 0.3 is 0 Å². The Kier molecular flexibility index (Phi) is 3.30. The van der Waals surface area contributed by atoms with E-state index in [0.29, 0.717) is 22.3 Å². The second-order valence-electron chi connectivity index (χ2n) is 4.52. The van der Waals surface area contributed by atoms with Crippen molar-refractivity contribution in [2.45, 2.75) is 11.8 Å². The summed E-state index contributed by atoms with van der Waals surface area (Å²) in [6, 6.07) is 6.59. The lowest BCUT2D eigenvalue weighted by molar-refractivity contribution is 0.600. The van der Waals surface area contributed by atoms with Crippen LogP contribution in [0.25, 0.3) is 11.0 Å². The highest BCUT2D eigenvalue weighted by atomic mass is 35.5. The minimum absolute atomic E-state index is 0.0685. The number of pyridine rings is 1. The molecule has 0 unspecified atom stereocenters. The molecule has 2 N–H and O–H groups in total. The molecule has 2 heterocycles. The largest absolute Gasteiger partial charge is 0.278 e. The quantitative estimate of drug-likeness (QED) is 0.776. The Morgan fingerprint density at radius 2 is 2.10 bits per heavy atom. The summed E-state index contributed by atoms with van der Waals surface area (Å²) in [5.74, 6) is 0. The summed E-state index contributed by atoms with van der Waals surface area (Å²) in [7, 11) is -3.78. The third-order valence-electron chi connectivity index (χ3n) is 2.98. The lowest BCUT2D eigenvalue weighted by Gasteiger charge is -2.11. The van der Waals surface area contributed by atoms with Crippen LogP contribution in [0.2, 0.25) is 5.02 Å². The van der Waals surface area contributed by atoms with Crippen LogP contribution in [-0.2, 0) is 10.0 Å². The molecule has 0 radical (unpaired) electrons. The predicted molar refractivity (Wildman–Crippen MR) is 80.9 cm³/mol. The van der Waals surface area contributed by atoms with Gasteiger partial charge in [-0.05, 0) is 24.6 Å². The molecule has 3 rings (SSSR count). The number of halogens is 1. The molecule has 2 aromatic heterocycles. The summed E-state index contributed by atoms with van der Waals surface area (Å²) >= 11 is 6.01. The second kappa shape index (κ2) is 5.01. The van der Waals surface area contributed by atoms with Crippen molar-refractivity contribution in [2.24, 2.45) is 0 Å². The van der Waals surface area contributed by atoms with Crippen LogP contribution in [0.5, 0.6) is 0 Å². The fraction of sp³-hybridized carbons (Fsp3) is 0.0769. The number of anilines is 1. The van der Waals surface area contributed by atoms with Crippen molar-refractivity contribution >= 4 is 38.3 Å². The molecule has 0 aliphatic heterocycles. The highest BCUT2D eigenvalue weighted by molar-refractivity contribution is 7.92. The first-order valence-electron chi connectivity index (χ1n) is 6.04. The number of aromatic nitrogens is 3. The van der Waals surface area contributed by atoms with E-state index in [2.05, 4.69) is 19.9 Å². The molecule has 0 spiro atoms. The molecule has 0 bridgehead atoms. The van der Waals surface area contributed by atoms with Gasteiger partial charge in [0, 0.05) is 5.39 Å². The van der Waals surface area contributed by atoms with Crippen molar-refractivity contribution in [1.82, 2.24) is 15.2 Å². The SMILES string of the molecule is Cc1cccc(Cl)c1S(=O)(=O)Nc1cnc2[nH]ncc2c1. The van der Waals surface area contributed by atoms with E-state index < -0.39 is 10.0 Å². The summed E-state index contributed by atoms with van der Waals surface area (Å²) in [4.78, 5) is 4.15. The van der Waals surface area contributed by atoms with E-state index in [1.807, 2.05) is 0 Å². The van der Waals surface area contributed by atoms with Crippen LogP contribution in [0.4, 0.5) is 5.69 Å². The average Bonchev–Trinajstić information content (AvgIpc) is 2.85. The molecule has 6 nitrogen and oxygen atoms in total. The summed E-state index contributed by atoms with van der Waals surface area (Å²) in [5, 5.41) is 7.43. The Morgan fingerprint density at radius 1 is 1.29 bits per heavy atom. The standard InChI is InChI=1S/C13H11ClN4O2S/c1-8-3-2-4-11(14)12(8)21(19,20)18-10-5-9-6-16-17-13(9)15-7-10/h2-7,18H,1H3,(H,15,16,17). The number of nitrogens with one attached hydrogen (secondary N) is 2. The minimum atomic E-state index is -3.78. The van der Waals surface area contributed by atoms with Crippen LogP contribution < -0.4 is 4.72 Å². The lowest BCUT2D eigenvalue weighted by atomic mass is 10.2. The van der Waals surface area contributed by atoms with Gasteiger partial charge in [-0.2, -0.15) is 5.10 Å². The number of fused-ring (bicyclic) bond motifs is 1. The Morgan fingerprint density at radius 3 is 2.86 bits per heavy atom. The number of sulfonamides is 1. The molecular formula is C13H11ClN4O2S. The number of aryl methyl sites for hydroxylation is 1. The Hall–Kier alpha value is -2.12. The van der Waals surface area contributed by atoms with Gasteiger partial charge in [-0.15, -0.1) is 0 Å². The molecule has 108 valence electrons. The van der Waals surface area contributed by atoms with Gasteiger partial charge in [0.2, 0.25) is 0 Å². The number of hydrogen-bond donors (Lipinski definition) is 2. The number of H-pyrrole nitrogens is 1. The van der Waals surface area contributed by atoms with E-state index in [9.17, 15) is 8.42 Å². The summed E-state index contributed by atoms with van der Waals surface area (Å²) in [6.07, 6.45) is 2.99. The van der Waals surface area contributed by atoms with Crippen molar-refractivity contribution < 1.29 is 8.42 Å². The van der Waals surface area contributed by atoms with Crippen LogP contribution in [0.15, 0.2) is 41.6 Å². The van der Waals surface area contributed by atoms with Crippen molar-refractivity contribution in [2.75, 3.05) is 4.72 Å². The van der Waals surface area contributed by atoms with Gasteiger partial charge in [0.1, 0.15) is 4.90 Å². The van der Waals surface area contributed by atoms with Crippen LogP contribution >= 0.6 is 11.6 Å². The van der Waals surface area contributed by atoms with E-state index >= 15 is 0 Å². The average molecular weight is 323 g/mol. The molecule has 0 atom stereocenters. The number of benzene rings is 1. The number of rotatable bonds is 3. The Labute approximate surface area is 126 Å². The number of hydrogen-bond acceptors (Lipinski definition) is 4. The van der Waals surface area contributed by atoms with Crippen molar-refractivity contribution in [3.05, 3.63) is 47.2 Å². The first-order valence-corrected chi connectivity index (χ1v) is 7.90. The molecule has 0 aliphatic rings. The van der Waals surface area contributed by atoms with Crippen LogP contribution in [0, 0.1) is 6.92 Å². The third kappa shape index (κ3) is 2.57. The van der Waals surface area contributed by atoms with Crippen molar-refractivity contribution in [1.29, 1.82) is 0 Å². The molecule has 0 saturated heterocycles. The monoisotopic (exact) mass is 322 g/mol. The van der Waals surface area contributed by atoms with Crippen LogP contribution in [-0.4, -0.2) is 23.6 Å². The zero-order valence-electron chi connectivity index (χ0n) is 11.0. The topological polar surface area (TPSA) is 87.7 Å². The lowest BCUT2D eigenvalue weighted by Crippen LogP contribution is -2.15. The van der Waals surface area contributed by atoms with E-state index in [0.717, 1.165) is 0 Å². The minimum Gasteiger partial charge on any atom is -0.278 e. The molecule has 1 aromatic carbocycles. The highest BCUT2D eigenvalue weighted by Gasteiger charge is 2.20. The van der Waals surface area contributed by atoms with Gasteiger partial charge in [-0.3, -0.25) is 9.82 Å². The molecule has 0 saturated carbocycles. The van der Waals surface area contributed by atoms with E-state index in [1.165, 1.54) is 6.20 Å². The zero-order chi connectivity index (χ0) is 15.0. The zero-order valence-corrected chi connectivity index (χ0v) is 12.5. The van der Waals surface area contributed by atoms with Gasteiger partial charge in [-0.1, -0.05) is 23.7 Å². The Bertz CT molecular complexity index is 901. The van der Waals surface area contributed by atoms with Gasteiger partial charge in [0.25, 0.3) is 10.0 Å². The molecule has 0 aliphatic carbocycles. The van der Waals surface area contributed by atoms with E-state index in [-0.39, 0.29) is 9.92 Å². The molecule has 21 heavy (non-hydrogen) atoms. The van der Waals surface area contributed by atoms with Gasteiger partial charge in [0.15, 0.2) is 5.65 Å². The molecular weight excluding hydrogens is 312 g/mol. The first-order chi connectivity index (χ1) is 9.97. The highest BCUT2D eigenvalue weighted by Crippen LogP contribution is 2.27. The number of aromatic amines is 1. The Balaban J connectivity index is 2.03. The third-order valence-corrected chi connectivity index (χ3v) is 4.99. The van der Waals surface area contributed by atoms with Crippen LogP contribution in [0.1, 0.15) is 5.56 Å². The summed E-state index contributed by atoms with van der Waals surface area (Å²) in [5.41, 5.74) is 1.52. The van der Waals surface area contributed by atoms with E-state index in [4.69, 9.17) is 11.6 Å². The second-order valence-corrected chi connectivity index (χ2v) is 6.55. The number of nitrogens with zero attached hydrogens (tertiary/aromatic N) is 2. The summed E-state index contributed by atoms with van der Waals surface area (Å²) < 4.78 is 27.4. The maximum absolute atomic E-state index is 12.5. The molecule has 0 amide bonds. The molecule has 8 heteroatoms. The maximum atomic E-state index is 12.5. The van der Waals surface area contributed by atoms with Crippen molar-refractivity contribution in [3.63, 3.8) is 0 Å². The van der Waals surface area contributed by atoms with Gasteiger partial charge in [0.05, 0.1) is 23.1 Å². The van der Waals surface area contributed by atoms with Crippen LogP contribution in [0.3, 0.4) is 0 Å². The predicted octanol–water partition coefficient (Wildman–Crippen LogP) is 2.72. The fourth-order valence-corrected chi connectivity index (χ4v) is 3.92. The van der Waals surface area contributed by atoms with Gasteiger partial charge in [-0.25, -0.2) is 13.4 Å². The maximum Gasteiger partial charge on any atom is 0.263 e. The summed E-state index contributed by atoms with van der Waals surface area (Å²) in [6.45, 7) is 1.69. The first kappa shape index (κ1) is 13.8.